The van der Waals surface area contributed by atoms with Gasteiger partial charge in [-0.05, 0) is 60.7 Å². The zero-order valence-electron chi connectivity index (χ0n) is 32.7. The second-order valence-electron chi connectivity index (χ2n) is 19.1. The van der Waals surface area contributed by atoms with Crippen LogP contribution < -0.4 is 21.3 Å². The Balaban J connectivity index is 0.000000155. The lowest BCUT2D eigenvalue weighted by atomic mass is 9.62. The van der Waals surface area contributed by atoms with Gasteiger partial charge in [0.05, 0.1) is 23.7 Å². The Labute approximate surface area is 309 Å². The molecule has 4 N–H and O–H groups in total. The summed E-state index contributed by atoms with van der Waals surface area (Å²) in [6.45, 7) is 20.3. The Hall–Kier alpha value is -2.28. The second-order valence-corrected chi connectivity index (χ2v) is 19.1. The van der Waals surface area contributed by atoms with Crippen LogP contribution in [-0.4, -0.2) is 98.6 Å². The highest BCUT2D eigenvalue weighted by Crippen LogP contribution is 2.54. The SMILES string of the molecule is CC.C[C@H]1NCC(C)(C)[C@@H]1C(=O)OC1CC(OC(=O)[C@@H]2[C@H]3C[C@]2(C)CN3)C1.C[C@]12CN[C@H](C1)[C@H]2C(=O)O[C@@H]1CC[C@H](OC(=O)[C@@H]2[C@H]3C[C@]2(C)CN3)C1. The summed E-state index contributed by atoms with van der Waals surface area (Å²) >= 11 is 0. The third kappa shape index (κ3) is 6.59. The van der Waals surface area contributed by atoms with Crippen LogP contribution in [0.4, 0.5) is 0 Å². The van der Waals surface area contributed by atoms with E-state index in [4.69, 9.17) is 18.9 Å². The largest absolute Gasteiger partial charge is 0.462 e. The van der Waals surface area contributed by atoms with Crippen molar-refractivity contribution in [1.29, 1.82) is 0 Å². The maximum Gasteiger partial charge on any atom is 0.311 e. The number of fused-ring (bicyclic) bond motifs is 3. The Kier molecular flexibility index (Phi) is 10.1. The minimum absolute atomic E-state index is 0.000289. The molecule has 0 spiro atoms. The number of nitrogens with one attached hydrogen (secondary N) is 4. The van der Waals surface area contributed by atoms with Crippen molar-refractivity contribution >= 4 is 23.9 Å². The van der Waals surface area contributed by atoms with E-state index in [0.717, 1.165) is 58.3 Å². The van der Waals surface area contributed by atoms with E-state index in [-0.39, 0.29) is 99.7 Å². The number of ether oxygens (including phenoxy) is 4. The monoisotopic (exact) mass is 728 g/mol. The van der Waals surface area contributed by atoms with Gasteiger partial charge in [-0.1, -0.05) is 48.5 Å². The van der Waals surface area contributed by atoms with Gasteiger partial charge >= 0.3 is 23.9 Å². The standard InChI is InChI=1S/C19H28N2O4.C19H30N2O4.C2H6/c1-18-6-12(20-8-18)14(18)16(22)24-10-3-4-11(5-10)25-17(23)15-13-7-19(15,2)9-21-13;1-10-14(18(2,3)8-20-10)16(22)24-11-5-12(6-11)25-17(23)15-13-7-19(15,4)9-21-13;1-2/h10-15,20-21H,3-9H2,1-2H3;10-15,20-21H,5-9H2,1-4H3;1-2H3/t10-,11+,12-,13-,14+,15+,18-,19-;10-,11?,12?,13-,14+,15+,19-;/m11./s1. The molecule has 5 aliphatic carbocycles. The maximum absolute atomic E-state index is 12.5. The maximum atomic E-state index is 12.5. The lowest BCUT2D eigenvalue weighted by molar-refractivity contribution is -0.182. The van der Waals surface area contributed by atoms with Crippen molar-refractivity contribution in [1.82, 2.24) is 21.3 Å². The summed E-state index contributed by atoms with van der Waals surface area (Å²) in [6, 6.07) is 1.04. The van der Waals surface area contributed by atoms with Gasteiger partial charge < -0.3 is 40.2 Å². The van der Waals surface area contributed by atoms with Gasteiger partial charge in [0.2, 0.25) is 0 Å². The van der Waals surface area contributed by atoms with E-state index in [9.17, 15) is 19.2 Å². The van der Waals surface area contributed by atoms with Gasteiger partial charge in [0.25, 0.3) is 0 Å². The van der Waals surface area contributed by atoms with Gasteiger partial charge in [0.1, 0.15) is 24.4 Å². The normalized spacial score (nSPS) is 47.8. The van der Waals surface area contributed by atoms with Gasteiger partial charge in [-0.15, -0.1) is 0 Å². The Bertz CT molecular complexity index is 1360. The molecule has 7 saturated heterocycles. The molecule has 12 heteroatoms. The van der Waals surface area contributed by atoms with Crippen LogP contribution >= 0.6 is 0 Å². The fourth-order valence-electron chi connectivity index (χ4n) is 11.4. The minimum Gasteiger partial charge on any atom is -0.462 e. The van der Waals surface area contributed by atoms with E-state index in [0.29, 0.717) is 37.4 Å². The molecular formula is C40H64N4O8. The van der Waals surface area contributed by atoms with Crippen molar-refractivity contribution in [3.63, 3.8) is 0 Å². The highest BCUT2D eigenvalue weighted by atomic mass is 16.6. The first kappa shape index (κ1) is 38.0. The quantitative estimate of drug-likeness (QED) is 0.215. The summed E-state index contributed by atoms with van der Waals surface area (Å²) in [7, 11) is 0. The number of esters is 4. The third-order valence-corrected chi connectivity index (χ3v) is 14.6. The zero-order chi connectivity index (χ0) is 37.4. The van der Waals surface area contributed by atoms with Crippen LogP contribution in [0.1, 0.15) is 107 Å². The second kappa shape index (κ2) is 13.8. The van der Waals surface area contributed by atoms with Crippen LogP contribution in [0.25, 0.3) is 0 Å². The van der Waals surface area contributed by atoms with Crippen LogP contribution in [0.3, 0.4) is 0 Å². The fraction of sp³-hybridized carbons (Fsp3) is 0.900. The molecule has 7 aliphatic heterocycles. The zero-order valence-corrected chi connectivity index (χ0v) is 32.7. The molecule has 0 radical (unpaired) electrons. The first-order valence-corrected chi connectivity index (χ1v) is 20.3. The molecule has 6 bridgehead atoms. The molecule has 12 fully saturated rings. The van der Waals surface area contributed by atoms with Gasteiger partial charge in [-0.2, -0.15) is 0 Å². The number of hydrogen-bond donors (Lipinski definition) is 4. The lowest BCUT2D eigenvalue weighted by Gasteiger charge is -2.43. The van der Waals surface area contributed by atoms with E-state index in [1.807, 2.05) is 20.8 Å². The third-order valence-electron chi connectivity index (χ3n) is 14.6. The van der Waals surface area contributed by atoms with E-state index < -0.39 is 0 Å². The molecule has 12 rings (SSSR count). The highest BCUT2D eigenvalue weighted by Gasteiger charge is 2.62. The molecule has 12 nitrogen and oxygen atoms in total. The summed E-state index contributed by atoms with van der Waals surface area (Å²) in [5.74, 6) is -0.425. The summed E-state index contributed by atoms with van der Waals surface area (Å²) in [5, 5.41) is 13.5. The van der Waals surface area contributed by atoms with Crippen molar-refractivity contribution in [3.8, 4) is 0 Å². The topological polar surface area (TPSA) is 153 Å². The van der Waals surface area contributed by atoms with Gasteiger partial charge in [0, 0.05) is 69.6 Å². The van der Waals surface area contributed by atoms with E-state index >= 15 is 0 Å². The molecule has 7 heterocycles. The van der Waals surface area contributed by atoms with E-state index in [1.54, 1.807) is 0 Å². The Morgan fingerprint density at radius 3 is 1.10 bits per heavy atom. The average Bonchev–Trinajstić information content (AvgIpc) is 3.90. The number of carbonyl (C=O) groups excluding carboxylic acids is 4. The number of rotatable bonds is 8. The highest BCUT2D eigenvalue weighted by molar-refractivity contribution is 5.78. The van der Waals surface area contributed by atoms with Crippen molar-refractivity contribution in [2.75, 3.05) is 26.2 Å². The molecule has 0 aromatic heterocycles. The van der Waals surface area contributed by atoms with Gasteiger partial charge in [-0.3, -0.25) is 19.2 Å². The van der Waals surface area contributed by atoms with Crippen LogP contribution in [0.2, 0.25) is 0 Å². The summed E-state index contributed by atoms with van der Waals surface area (Å²) < 4.78 is 22.9. The van der Waals surface area contributed by atoms with Crippen LogP contribution in [-0.2, 0) is 38.1 Å². The first-order chi connectivity index (χ1) is 24.6. The lowest BCUT2D eigenvalue weighted by Crippen LogP contribution is -2.51. The molecule has 12 aliphatic rings. The molecule has 52 heavy (non-hydrogen) atoms. The Morgan fingerprint density at radius 1 is 0.481 bits per heavy atom. The predicted molar refractivity (Wildman–Crippen MR) is 193 cm³/mol. The van der Waals surface area contributed by atoms with Crippen LogP contribution in [0.5, 0.6) is 0 Å². The molecular weight excluding hydrogens is 664 g/mol. The summed E-state index contributed by atoms with van der Waals surface area (Å²) in [6.07, 6.45) is 6.34. The summed E-state index contributed by atoms with van der Waals surface area (Å²) in [5.41, 5.74) is 0.156. The van der Waals surface area contributed by atoms with Crippen molar-refractivity contribution in [2.24, 2.45) is 45.3 Å². The molecule has 0 aromatic rings. The minimum atomic E-state index is -0.120. The first-order valence-electron chi connectivity index (χ1n) is 20.3. The predicted octanol–water partition coefficient (Wildman–Crippen LogP) is 3.25. The van der Waals surface area contributed by atoms with E-state index in [2.05, 4.69) is 55.9 Å². The molecule has 0 amide bonds. The Morgan fingerprint density at radius 2 is 0.808 bits per heavy atom. The number of hydrogen-bond acceptors (Lipinski definition) is 12. The fourth-order valence-corrected chi connectivity index (χ4v) is 11.4. The molecule has 0 unspecified atom stereocenters. The van der Waals surface area contributed by atoms with Crippen molar-refractivity contribution in [2.45, 2.75) is 155 Å². The van der Waals surface area contributed by atoms with Crippen molar-refractivity contribution in [3.05, 3.63) is 0 Å². The van der Waals surface area contributed by atoms with E-state index in [1.165, 1.54) is 0 Å². The smallest absolute Gasteiger partial charge is 0.311 e. The molecule has 13 atom stereocenters. The van der Waals surface area contributed by atoms with Gasteiger partial charge in [0.15, 0.2) is 0 Å². The van der Waals surface area contributed by atoms with Gasteiger partial charge in [-0.25, -0.2) is 0 Å². The number of carbonyl (C=O) groups is 4. The average molecular weight is 729 g/mol. The van der Waals surface area contributed by atoms with Crippen LogP contribution in [0, 0.1) is 45.3 Å². The van der Waals surface area contributed by atoms with Crippen molar-refractivity contribution < 1.29 is 38.1 Å². The molecule has 0 aromatic carbocycles. The molecule has 292 valence electrons. The summed E-state index contributed by atoms with van der Waals surface area (Å²) in [4.78, 5) is 49.9. The molecule has 5 saturated carbocycles. The van der Waals surface area contributed by atoms with Crippen LogP contribution in [0.15, 0.2) is 0 Å².